The molecule has 12 heteroatoms. The number of hydrogen-bond donors (Lipinski definition) is 3. The summed E-state index contributed by atoms with van der Waals surface area (Å²) in [5.74, 6) is 0.212. The maximum atomic E-state index is 13.3. The lowest BCUT2D eigenvalue weighted by molar-refractivity contribution is -0.136. The molecule has 60 heavy (non-hydrogen) atoms. The Kier molecular flexibility index (Phi) is 12.9. The molecule has 4 amide bonds. The molecule has 2 atom stereocenters. The van der Waals surface area contributed by atoms with E-state index in [4.69, 9.17) is 16.3 Å². The number of fused-ring (bicyclic) bond motifs is 1. The largest absolute Gasteiger partial charge is 0.508 e. The predicted octanol–water partition coefficient (Wildman–Crippen LogP) is 7.05. The first-order valence-electron chi connectivity index (χ1n) is 21.2. The molecule has 3 fully saturated rings. The van der Waals surface area contributed by atoms with Crippen molar-refractivity contribution in [2.45, 2.75) is 57.0 Å². The summed E-state index contributed by atoms with van der Waals surface area (Å²) in [6.45, 7) is 6.61. The van der Waals surface area contributed by atoms with Crippen molar-refractivity contribution in [1.29, 1.82) is 0 Å². The number of carbonyl (C=O) groups excluding carboxylic acids is 4. The van der Waals surface area contributed by atoms with E-state index >= 15 is 0 Å². The standard InChI is InChI=1S/C48H52ClN5O6/c49-23-20-40(33-5-2-1-3-6-33)45(34-8-13-38(55)14-9-34)35-10-15-39(16-11-35)60-28-27-52-25-21-32(22-26-52)30-53-24-4-7-37(31-53)50-36-12-17-41-42(29-36)48(59)54(47(41)58)43-18-19-44(56)51-46(43)57/h1-3,5-6,8-17,29,32,37,43,50,55H,4,7,18-28,30-31H2,(H,51,56,57)/t37-,43?/m1/s1. The Hall–Kier alpha value is -5.49. The van der Waals surface area contributed by atoms with Gasteiger partial charge in [-0.1, -0.05) is 54.6 Å². The first-order valence-corrected chi connectivity index (χ1v) is 21.7. The molecule has 3 saturated heterocycles. The fraction of sp³-hybridized carbons (Fsp3) is 0.375. The van der Waals surface area contributed by atoms with Crippen molar-refractivity contribution >= 4 is 52.1 Å². The van der Waals surface area contributed by atoms with Crippen LogP contribution in [0, 0.1) is 5.92 Å². The van der Waals surface area contributed by atoms with Crippen LogP contribution in [0.4, 0.5) is 5.69 Å². The number of aromatic hydroxyl groups is 1. The number of nitrogens with zero attached hydrogens (tertiary/aromatic N) is 3. The number of piperidine rings is 3. The lowest BCUT2D eigenvalue weighted by Gasteiger charge is -2.38. The van der Waals surface area contributed by atoms with Gasteiger partial charge in [-0.25, -0.2) is 0 Å². The summed E-state index contributed by atoms with van der Waals surface area (Å²) in [4.78, 5) is 56.6. The molecule has 312 valence electrons. The van der Waals surface area contributed by atoms with Gasteiger partial charge >= 0.3 is 0 Å². The van der Waals surface area contributed by atoms with Gasteiger partial charge in [0.05, 0.1) is 11.1 Å². The zero-order valence-corrected chi connectivity index (χ0v) is 34.5. The van der Waals surface area contributed by atoms with Crippen LogP contribution in [0.2, 0.25) is 0 Å². The van der Waals surface area contributed by atoms with Gasteiger partial charge in [-0.2, -0.15) is 0 Å². The van der Waals surface area contributed by atoms with Gasteiger partial charge in [-0.05, 0) is 134 Å². The third-order valence-electron chi connectivity index (χ3n) is 12.3. The number of alkyl halides is 1. The monoisotopic (exact) mass is 829 g/mol. The second-order valence-corrected chi connectivity index (χ2v) is 16.7. The average Bonchev–Trinajstić information content (AvgIpc) is 3.50. The maximum absolute atomic E-state index is 13.3. The molecule has 0 bridgehead atoms. The number of allylic oxidation sites excluding steroid dienone is 1. The Balaban J connectivity index is 0.801. The molecule has 0 spiro atoms. The Bertz CT molecular complexity index is 2220. The van der Waals surface area contributed by atoms with Crippen LogP contribution in [-0.2, 0) is 9.59 Å². The van der Waals surface area contributed by atoms with Crippen LogP contribution in [0.1, 0.15) is 82.4 Å². The topological polar surface area (TPSA) is 132 Å². The smallest absolute Gasteiger partial charge is 0.262 e. The van der Waals surface area contributed by atoms with Crippen LogP contribution in [0.25, 0.3) is 11.1 Å². The van der Waals surface area contributed by atoms with Crippen molar-refractivity contribution in [3.05, 3.63) is 125 Å². The predicted molar refractivity (Wildman–Crippen MR) is 233 cm³/mol. The Labute approximate surface area is 356 Å². The molecule has 4 aliphatic rings. The van der Waals surface area contributed by atoms with E-state index in [9.17, 15) is 24.3 Å². The minimum atomic E-state index is -0.972. The van der Waals surface area contributed by atoms with Crippen molar-refractivity contribution in [1.82, 2.24) is 20.0 Å². The van der Waals surface area contributed by atoms with E-state index in [2.05, 4.69) is 44.7 Å². The highest BCUT2D eigenvalue weighted by Gasteiger charge is 2.44. The number of nitrogens with one attached hydrogen (secondary N) is 2. The van der Waals surface area contributed by atoms with Crippen LogP contribution in [0.15, 0.2) is 97.1 Å². The van der Waals surface area contributed by atoms with E-state index in [0.717, 1.165) is 109 Å². The third-order valence-corrected chi connectivity index (χ3v) is 12.5. The van der Waals surface area contributed by atoms with Gasteiger partial charge in [0.25, 0.3) is 11.8 Å². The normalized spacial score (nSPS) is 20.8. The number of hydrogen-bond acceptors (Lipinski definition) is 9. The third kappa shape index (κ3) is 9.44. The number of phenolic OH excluding ortho intramolecular Hbond substituents is 1. The van der Waals surface area contributed by atoms with Crippen molar-refractivity contribution in [3.8, 4) is 11.5 Å². The number of amides is 4. The fourth-order valence-electron chi connectivity index (χ4n) is 9.19. The van der Waals surface area contributed by atoms with E-state index in [1.165, 1.54) is 0 Å². The maximum Gasteiger partial charge on any atom is 0.262 e. The summed E-state index contributed by atoms with van der Waals surface area (Å²) in [7, 11) is 0. The Morgan fingerprint density at radius 1 is 0.783 bits per heavy atom. The van der Waals surface area contributed by atoms with E-state index < -0.39 is 23.8 Å². The van der Waals surface area contributed by atoms with E-state index in [1.807, 2.05) is 48.5 Å². The van der Waals surface area contributed by atoms with Gasteiger partial charge in [-0.3, -0.25) is 34.3 Å². The van der Waals surface area contributed by atoms with E-state index in [0.29, 0.717) is 36.0 Å². The van der Waals surface area contributed by atoms with Gasteiger partial charge in [0.1, 0.15) is 24.1 Å². The second-order valence-electron chi connectivity index (χ2n) is 16.3. The number of imide groups is 2. The summed E-state index contributed by atoms with van der Waals surface area (Å²) >= 11 is 6.33. The molecule has 0 aromatic heterocycles. The Morgan fingerprint density at radius 2 is 1.50 bits per heavy atom. The lowest BCUT2D eigenvalue weighted by atomic mass is 9.88. The zero-order chi connectivity index (χ0) is 41.6. The minimum absolute atomic E-state index is 0.0944. The first kappa shape index (κ1) is 41.3. The van der Waals surface area contributed by atoms with Gasteiger partial charge in [0, 0.05) is 43.7 Å². The molecule has 0 saturated carbocycles. The van der Waals surface area contributed by atoms with Gasteiger partial charge in [-0.15, -0.1) is 11.6 Å². The molecule has 4 aromatic carbocycles. The molecule has 4 heterocycles. The molecular formula is C48H52ClN5O6. The fourth-order valence-corrected chi connectivity index (χ4v) is 9.38. The van der Waals surface area contributed by atoms with Crippen LogP contribution >= 0.6 is 11.6 Å². The molecular weight excluding hydrogens is 778 g/mol. The highest BCUT2D eigenvalue weighted by Crippen LogP contribution is 2.36. The molecule has 0 aliphatic carbocycles. The number of phenols is 1. The minimum Gasteiger partial charge on any atom is -0.508 e. The van der Waals surface area contributed by atoms with Crippen LogP contribution in [0.3, 0.4) is 0 Å². The second kappa shape index (κ2) is 18.8. The molecule has 3 N–H and O–H groups in total. The molecule has 4 aliphatic heterocycles. The first-order chi connectivity index (χ1) is 29.2. The molecule has 8 rings (SSSR count). The number of rotatable bonds is 14. The van der Waals surface area contributed by atoms with Gasteiger partial charge in [0.15, 0.2) is 0 Å². The number of carbonyl (C=O) groups is 4. The number of halogens is 1. The highest BCUT2D eigenvalue weighted by atomic mass is 35.5. The molecule has 1 unspecified atom stereocenters. The summed E-state index contributed by atoms with van der Waals surface area (Å²) in [6, 6.07) is 30.4. The molecule has 4 aromatic rings. The number of ether oxygens (including phenoxy) is 1. The summed E-state index contributed by atoms with van der Waals surface area (Å²) in [5, 5.41) is 15.9. The van der Waals surface area contributed by atoms with Crippen LogP contribution < -0.4 is 15.4 Å². The Morgan fingerprint density at radius 3 is 2.22 bits per heavy atom. The quantitative estimate of drug-likeness (QED) is 0.0696. The van der Waals surface area contributed by atoms with Crippen molar-refractivity contribution < 1.29 is 29.0 Å². The van der Waals surface area contributed by atoms with Crippen LogP contribution in [0.5, 0.6) is 11.5 Å². The summed E-state index contributed by atoms with van der Waals surface area (Å²) < 4.78 is 6.25. The summed E-state index contributed by atoms with van der Waals surface area (Å²) in [6.07, 6.45) is 5.32. The number of benzene rings is 4. The van der Waals surface area contributed by atoms with Crippen molar-refractivity contribution in [2.24, 2.45) is 5.92 Å². The van der Waals surface area contributed by atoms with Crippen molar-refractivity contribution in [3.63, 3.8) is 0 Å². The molecule has 0 radical (unpaired) electrons. The zero-order valence-electron chi connectivity index (χ0n) is 33.8. The van der Waals surface area contributed by atoms with E-state index in [-0.39, 0.29) is 30.5 Å². The van der Waals surface area contributed by atoms with E-state index in [1.54, 1.807) is 24.3 Å². The average molecular weight is 830 g/mol. The van der Waals surface area contributed by atoms with Gasteiger partial charge in [0.2, 0.25) is 11.8 Å². The SMILES string of the molecule is O=C1CCC(N2C(=O)c3ccc(N[C@@H]4CCCN(CC5CCN(CCOc6ccc(C(=C(CCCl)c7ccccc7)c7ccc(O)cc7)cc6)CC5)C4)cc3C2=O)C(=O)N1. The van der Waals surface area contributed by atoms with Gasteiger partial charge < -0.3 is 20.1 Å². The number of anilines is 1. The molecule has 11 nitrogen and oxygen atoms in total. The van der Waals surface area contributed by atoms with Crippen LogP contribution in [-0.4, -0.2) is 107 Å². The number of likely N-dealkylation sites (tertiary alicyclic amines) is 2. The lowest BCUT2D eigenvalue weighted by Crippen LogP contribution is -2.54. The highest BCUT2D eigenvalue weighted by molar-refractivity contribution is 6.23. The summed E-state index contributed by atoms with van der Waals surface area (Å²) in [5.41, 5.74) is 6.81. The van der Waals surface area contributed by atoms with Crippen molar-refractivity contribution in [2.75, 3.05) is 57.1 Å².